The first-order valence-electron chi connectivity index (χ1n) is 6.97. The van der Waals surface area contributed by atoms with Gasteiger partial charge in [0.2, 0.25) is 0 Å². The molecule has 2 heterocycles. The van der Waals surface area contributed by atoms with E-state index in [0.717, 1.165) is 20.9 Å². The second-order valence-electron chi connectivity index (χ2n) is 5.14. The zero-order valence-electron chi connectivity index (χ0n) is 10.9. The van der Waals surface area contributed by atoms with Crippen molar-refractivity contribution in [3.05, 3.63) is 17.3 Å². The number of anilines is 1. The molecule has 1 aliphatic carbocycles. The Bertz CT molecular complexity index is 547. The highest BCUT2D eigenvalue weighted by Gasteiger charge is 2.15. The summed E-state index contributed by atoms with van der Waals surface area (Å²) in [6.45, 7) is 0.0733. The summed E-state index contributed by atoms with van der Waals surface area (Å²) in [5.74, 6) is 0.924. The summed E-state index contributed by atoms with van der Waals surface area (Å²) in [5.41, 5.74) is 0. The average Bonchev–Trinajstić information content (AvgIpc) is 2.70. The molecule has 1 saturated carbocycles. The summed E-state index contributed by atoms with van der Waals surface area (Å²) < 4.78 is 0. The second-order valence-corrected chi connectivity index (χ2v) is 6.26. The number of nitrogens with zero attached hydrogens (tertiary/aromatic N) is 2. The van der Waals surface area contributed by atoms with Crippen molar-refractivity contribution in [2.75, 3.05) is 5.32 Å². The third-order valence-corrected chi connectivity index (χ3v) is 4.76. The van der Waals surface area contributed by atoms with E-state index in [0.29, 0.717) is 6.04 Å². The van der Waals surface area contributed by atoms with Crippen LogP contribution in [0.25, 0.3) is 10.2 Å². The van der Waals surface area contributed by atoms with Gasteiger partial charge in [-0.15, -0.1) is 11.3 Å². The Morgan fingerprint density at radius 1 is 1.21 bits per heavy atom. The lowest BCUT2D eigenvalue weighted by Crippen LogP contribution is -2.19. The minimum Gasteiger partial charge on any atom is -0.391 e. The Kier molecular flexibility index (Phi) is 3.94. The number of hydrogen-bond acceptors (Lipinski definition) is 5. The molecule has 0 unspecified atom stereocenters. The third-order valence-electron chi connectivity index (χ3n) is 3.73. The molecule has 2 N–H and O–H groups in total. The standard InChI is InChI=1S/C14H19N3OS/c18-8-11-7-12-13(15-9-16-14(12)19-11)17-10-5-3-1-2-4-6-10/h7,9-10,18H,1-6,8H2,(H,15,16,17). The van der Waals surface area contributed by atoms with Crippen LogP contribution in [0.4, 0.5) is 5.82 Å². The van der Waals surface area contributed by atoms with Gasteiger partial charge in [-0.05, 0) is 18.9 Å². The maximum atomic E-state index is 9.23. The Morgan fingerprint density at radius 2 is 2.00 bits per heavy atom. The molecule has 0 bridgehead atoms. The van der Waals surface area contributed by atoms with Crippen molar-refractivity contribution in [2.24, 2.45) is 0 Å². The molecule has 1 aliphatic rings. The molecule has 0 amide bonds. The highest BCUT2D eigenvalue weighted by atomic mass is 32.1. The van der Waals surface area contributed by atoms with E-state index in [4.69, 9.17) is 0 Å². The Balaban J connectivity index is 1.84. The lowest BCUT2D eigenvalue weighted by Gasteiger charge is -2.17. The number of aliphatic hydroxyl groups excluding tert-OH is 1. The smallest absolute Gasteiger partial charge is 0.138 e. The topological polar surface area (TPSA) is 58.0 Å². The van der Waals surface area contributed by atoms with Gasteiger partial charge >= 0.3 is 0 Å². The second kappa shape index (κ2) is 5.84. The Hall–Kier alpha value is -1.20. The van der Waals surface area contributed by atoms with E-state index in [1.54, 1.807) is 6.33 Å². The molecule has 2 aromatic rings. The van der Waals surface area contributed by atoms with Crippen LogP contribution in [0.3, 0.4) is 0 Å². The predicted molar refractivity (Wildman–Crippen MR) is 78.5 cm³/mol. The molecule has 1 fully saturated rings. The largest absolute Gasteiger partial charge is 0.391 e. The molecule has 2 aromatic heterocycles. The van der Waals surface area contributed by atoms with Crippen molar-refractivity contribution in [2.45, 2.75) is 51.2 Å². The van der Waals surface area contributed by atoms with Gasteiger partial charge in [-0.25, -0.2) is 9.97 Å². The number of fused-ring (bicyclic) bond motifs is 1. The lowest BCUT2D eigenvalue weighted by atomic mass is 10.1. The molecule has 4 nitrogen and oxygen atoms in total. The molecule has 0 aliphatic heterocycles. The zero-order valence-corrected chi connectivity index (χ0v) is 11.7. The van der Waals surface area contributed by atoms with Crippen LogP contribution in [0.5, 0.6) is 0 Å². The summed E-state index contributed by atoms with van der Waals surface area (Å²) in [5, 5.41) is 13.8. The molecule has 102 valence electrons. The minimum atomic E-state index is 0.0733. The van der Waals surface area contributed by atoms with E-state index in [1.165, 1.54) is 49.9 Å². The minimum absolute atomic E-state index is 0.0733. The van der Waals surface area contributed by atoms with Gasteiger partial charge in [0.15, 0.2) is 0 Å². The van der Waals surface area contributed by atoms with E-state index in [-0.39, 0.29) is 6.61 Å². The van der Waals surface area contributed by atoms with Crippen molar-refractivity contribution >= 4 is 27.4 Å². The Labute approximate surface area is 116 Å². The molecular formula is C14H19N3OS. The van der Waals surface area contributed by atoms with Crippen LogP contribution in [0.1, 0.15) is 43.4 Å². The first kappa shape index (κ1) is 12.8. The number of aromatic nitrogens is 2. The van der Waals surface area contributed by atoms with Crippen molar-refractivity contribution in [3.8, 4) is 0 Å². The van der Waals surface area contributed by atoms with E-state index in [2.05, 4.69) is 15.3 Å². The van der Waals surface area contributed by atoms with Crippen LogP contribution in [0.2, 0.25) is 0 Å². The zero-order chi connectivity index (χ0) is 13.1. The van der Waals surface area contributed by atoms with Crippen LogP contribution in [0, 0.1) is 0 Å². The van der Waals surface area contributed by atoms with Gasteiger partial charge in [0.05, 0.1) is 12.0 Å². The van der Waals surface area contributed by atoms with Crippen LogP contribution in [-0.2, 0) is 6.61 Å². The number of nitrogens with one attached hydrogen (secondary N) is 1. The Morgan fingerprint density at radius 3 is 2.74 bits per heavy atom. The molecule has 0 atom stereocenters. The number of hydrogen-bond donors (Lipinski definition) is 2. The van der Waals surface area contributed by atoms with Gasteiger partial charge < -0.3 is 10.4 Å². The first-order valence-corrected chi connectivity index (χ1v) is 7.79. The fraction of sp³-hybridized carbons (Fsp3) is 0.571. The molecular weight excluding hydrogens is 258 g/mol. The van der Waals surface area contributed by atoms with Gasteiger partial charge in [0, 0.05) is 10.9 Å². The van der Waals surface area contributed by atoms with Gasteiger partial charge in [-0.1, -0.05) is 25.7 Å². The predicted octanol–water partition coefficient (Wildman–Crippen LogP) is 3.32. The molecule has 19 heavy (non-hydrogen) atoms. The summed E-state index contributed by atoms with van der Waals surface area (Å²) in [4.78, 5) is 10.6. The van der Waals surface area contributed by atoms with Crippen molar-refractivity contribution in [3.63, 3.8) is 0 Å². The average molecular weight is 277 g/mol. The lowest BCUT2D eigenvalue weighted by molar-refractivity contribution is 0.285. The molecule has 3 rings (SSSR count). The van der Waals surface area contributed by atoms with Crippen molar-refractivity contribution in [1.29, 1.82) is 0 Å². The summed E-state index contributed by atoms with van der Waals surface area (Å²) in [7, 11) is 0. The normalized spacial score (nSPS) is 17.5. The van der Waals surface area contributed by atoms with E-state index in [9.17, 15) is 5.11 Å². The fourth-order valence-electron chi connectivity index (χ4n) is 2.72. The molecule has 0 radical (unpaired) electrons. The van der Waals surface area contributed by atoms with E-state index < -0.39 is 0 Å². The van der Waals surface area contributed by atoms with Gasteiger partial charge in [-0.3, -0.25) is 0 Å². The SMILES string of the molecule is OCc1cc2c(NC3CCCCCC3)ncnc2s1. The van der Waals surface area contributed by atoms with Crippen LogP contribution < -0.4 is 5.32 Å². The highest BCUT2D eigenvalue weighted by Crippen LogP contribution is 2.29. The van der Waals surface area contributed by atoms with Crippen LogP contribution in [-0.4, -0.2) is 21.1 Å². The van der Waals surface area contributed by atoms with Crippen molar-refractivity contribution in [1.82, 2.24) is 9.97 Å². The fourth-order valence-corrected chi connectivity index (χ4v) is 3.57. The highest BCUT2D eigenvalue weighted by molar-refractivity contribution is 7.18. The maximum absolute atomic E-state index is 9.23. The molecule has 0 aromatic carbocycles. The van der Waals surface area contributed by atoms with Gasteiger partial charge in [0.25, 0.3) is 0 Å². The summed E-state index contributed by atoms with van der Waals surface area (Å²) >= 11 is 1.54. The molecule has 0 spiro atoms. The third kappa shape index (κ3) is 2.87. The molecule has 0 saturated heterocycles. The quantitative estimate of drug-likeness (QED) is 0.845. The summed E-state index contributed by atoms with van der Waals surface area (Å²) in [6.07, 6.45) is 9.37. The molecule has 5 heteroatoms. The monoisotopic (exact) mass is 277 g/mol. The van der Waals surface area contributed by atoms with Crippen LogP contribution in [0.15, 0.2) is 12.4 Å². The maximum Gasteiger partial charge on any atom is 0.138 e. The number of thiophene rings is 1. The first-order chi connectivity index (χ1) is 9.36. The number of rotatable bonds is 3. The number of aliphatic hydroxyl groups is 1. The van der Waals surface area contributed by atoms with Crippen LogP contribution >= 0.6 is 11.3 Å². The van der Waals surface area contributed by atoms with Gasteiger partial charge in [0.1, 0.15) is 17.0 Å². The van der Waals surface area contributed by atoms with E-state index >= 15 is 0 Å². The van der Waals surface area contributed by atoms with E-state index in [1.807, 2.05) is 6.07 Å². The van der Waals surface area contributed by atoms with Gasteiger partial charge in [-0.2, -0.15) is 0 Å². The van der Waals surface area contributed by atoms with Crippen molar-refractivity contribution < 1.29 is 5.11 Å². The summed E-state index contributed by atoms with van der Waals surface area (Å²) in [6, 6.07) is 2.53.